The summed E-state index contributed by atoms with van der Waals surface area (Å²) in [5, 5.41) is 11.6. The van der Waals surface area contributed by atoms with Gasteiger partial charge in [0.05, 0.1) is 14.2 Å². The number of nitrogens with zero attached hydrogens (tertiary/aromatic N) is 5. The molecule has 2 aromatic rings. The van der Waals surface area contributed by atoms with E-state index in [-0.39, 0.29) is 5.88 Å². The first kappa shape index (κ1) is 12.6. The largest absolute Gasteiger partial charge is 0.329 e. The third kappa shape index (κ3) is 2.87. The van der Waals surface area contributed by atoms with Crippen LogP contribution in [0, 0.1) is 0 Å². The molecule has 0 N–H and O–H groups in total. The summed E-state index contributed by atoms with van der Waals surface area (Å²) in [5.41, 5.74) is 0.758. The van der Waals surface area contributed by atoms with Crippen molar-refractivity contribution in [3.63, 3.8) is 0 Å². The summed E-state index contributed by atoms with van der Waals surface area (Å²) in [6.07, 6.45) is 3.23. The first-order valence-corrected chi connectivity index (χ1v) is 6.60. The lowest BCUT2D eigenvalue weighted by atomic mass is 10.2. The molecule has 8 nitrogen and oxygen atoms in total. The molecule has 0 aliphatic rings. The van der Waals surface area contributed by atoms with Gasteiger partial charge in [-0.1, -0.05) is 0 Å². The minimum atomic E-state index is -3.53. The first-order chi connectivity index (χ1) is 8.50. The normalized spacial score (nSPS) is 11.7. The van der Waals surface area contributed by atoms with Gasteiger partial charge < -0.3 is 0 Å². The van der Waals surface area contributed by atoms with Crippen LogP contribution in [0.4, 0.5) is 0 Å². The summed E-state index contributed by atoms with van der Waals surface area (Å²) in [7, 11) is -0.727. The minimum Gasteiger partial charge on any atom is -0.269 e. The van der Waals surface area contributed by atoms with E-state index in [0.29, 0.717) is 5.82 Å². The highest BCUT2D eigenvalue weighted by Gasteiger charge is 2.16. The maximum atomic E-state index is 11.2. The molecule has 0 saturated heterocycles. The Kier molecular flexibility index (Phi) is 3.34. The zero-order chi connectivity index (χ0) is 13.2. The Morgan fingerprint density at radius 1 is 1.39 bits per heavy atom. The van der Waals surface area contributed by atoms with E-state index in [1.165, 1.54) is 9.36 Å². The van der Waals surface area contributed by atoms with Crippen LogP contribution in [0.3, 0.4) is 0 Å². The molecule has 0 spiro atoms. The van der Waals surface area contributed by atoms with Gasteiger partial charge in [-0.2, -0.15) is 17.8 Å². The second kappa shape index (κ2) is 4.78. The summed E-state index contributed by atoms with van der Waals surface area (Å²) in [6, 6.07) is 3.42. The zero-order valence-corrected chi connectivity index (χ0v) is 10.7. The van der Waals surface area contributed by atoms with Crippen molar-refractivity contribution in [2.75, 3.05) is 7.11 Å². The van der Waals surface area contributed by atoms with Crippen LogP contribution >= 0.6 is 0 Å². The summed E-state index contributed by atoms with van der Waals surface area (Å²) in [5.74, 6) is 0.247. The van der Waals surface area contributed by atoms with Gasteiger partial charge in [-0.3, -0.25) is 4.18 Å². The molecule has 9 heteroatoms. The number of hydrogen-bond acceptors (Lipinski definition) is 6. The van der Waals surface area contributed by atoms with E-state index < -0.39 is 10.1 Å². The van der Waals surface area contributed by atoms with Gasteiger partial charge in [0.25, 0.3) is 5.88 Å². The molecule has 0 radical (unpaired) electrons. The third-order valence-electron chi connectivity index (χ3n) is 2.22. The van der Waals surface area contributed by atoms with Crippen molar-refractivity contribution in [1.29, 1.82) is 0 Å². The fourth-order valence-corrected chi connectivity index (χ4v) is 1.97. The van der Waals surface area contributed by atoms with Crippen LogP contribution in [0.25, 0.3) is 11.4 Å². The quantitative estimate of drug-likeness (QED) is 0.528. The van der Waals surface area contributed by atoms with Crippen LogP contribution in [0.1, 0.15) is 0 Å². The van der Waals surface area contributed by atoms with Gasteiger partial charge in [0, 0.05) is 17.7 Å². The van der Waals surface area contributed by atoms with Crippen molar-refractivity contribution >= 4 is 10.1 Å². The van der Waals surface area contributed by atoms with E-state index in [2.05, 4.69) is 19.6 Å². The standard InChI is InChI=1S/C9H12N5O3S/c1-13-11-9(10-12-13)8-3-5-14(6-4-8)7-18(15,16)17-2/h3-6H,7H2,1-2H3/q+1. The van der Waals surface area contributed by atoms with Crippen molar-refractivity contribution in [2.24, 2.45) is 7.05 Å². The molecule has 2 rings (SSSR count). The van der Waals surface area contributed by atoms with E-state index in [9.17, 15) is 8.42 Å². The van der Waals surface area contributed by atoms with Gasteiger partial charge in [0.2, 0.25) is 5.82 Å². The predicted molar refractivity (Wildman–Crippen MR) is 60.4 cm³/mol. The maximum absolute atomic E-state index is 11.2. The molecule has 96 valence electrons. The van der Waals surface area contributed by atoms with Crippen LogP contribution in [-0.4, -0.2) is 35.7 Å². The van der Waals surface area contributed by atoms with Crippen molar-refractivity contribution in [3.05, 3.63) is 24.5 Å². The van der Waals surface area contributed by atoms with E-state index in [4.69, 9.17) is 0 Å². The average Bonchev–Trinajstić information content (AvgIpc) is 2.76. The number of hydrogen-bond donors (Lipinski definition) is 0. The first-order valence-electron chi connectivity index (χ1n) is 5.02. The van der Waals surface area contributed by atoms with Gasteiger partial charge in [0.1, 0.15) is 0 Å². The smallest absolute Gasteiger partial charge is 0.269 e. The highest BCUT2D eigenvalue weighted by atomic mass is 32.2. The van der Waals surface area contributed by atoms with Crippen molar-refractivity contribution in [2.45, 2.75) is 5.88 Å². The topological polar surface area (TPSA) is 90.9 Å². The second-order valence-corrected chi connectivity index (χ2v) is 5.26. The molecule has 0 unspecified atom stereocenters. The Balaban J connectivity index is 2.20. The van der Waals surface area contributed by atoms with Gasteiger partial charge in [-0.05, 0) is 5.21 Å². The second-order valence-electron chi connectivity index (χ2n) is 3.56. The molecule has 0 aromatic carbocycles. The molecule has 18 heavy (non-hydrogen) atoms. The van der Waals surface area contributed by atoms with Crippen LogP contribution in [0.15, 0.2) is 24.5 Å². The third-order valence-corrected chi connectivity index (χ3v) is 3.34. The Bertz CT molecular complexity index is 634. The molecule has 0 amide bonds. The van der Waals surface area contributed by atoms with E-state index in [1.807, 2.05) is 0 Å². The zero-order valence-electron chi connectivity index (χ0n) is 9.89. The molecule has 2 aromatic heterocycles. The molecule has 0 aliphatic heterocycles. The van der Waals surface area contributed by atoms with Crippen LogP contribution in [-0.2, 0) is 27.2 Å². The summed E-state index contributed by atoms with van der Waals surface area (Å²) in [6.45, 7) is 0. The Morgan fingerprint density at radius 3 is 2.56 bits per heavy atom. The molecule has 2 heterocycles. The molecule has 0 fully saturated rings. The fraction of sp³-hybridized carbons (Fsp3) is 0.333. The van der Waals surface area contributed by atoms with Crippen molar-refractivity contribution in [1.82, 2.24) is 20.2 Å². The summed E-state index contributed by atoms with van der Waals surface area (Å²) >= 11 is 0. The lowest BCUT2D eigenvalue weighted by Crippen LogP contribution is -2.37. The fourth-order valence-electron chi connectivity index (χ4n) is 1.33. The van der Waals surface area contributed by atoms with Crippen molar-refractivity contribution in [3.8, 4) is 11.4 Å². The van der Waals surface area contributed by atoms with E-state index in [0.717, 1.165) is 12.7 Å². The highest BCUT2D eigenvalue weighted by molar-refractivity contribution is 7.85. The molecule has 0 atom stereocenters. The molecular weight excluding hydrogens is 258 g/mol. The SMILES string of the molecule is COS(=O)(=O)C[n+]1ccc(-c2nnn(C)n2)cc1. The lowest BCUT2D eigenvalue weighted by Gasteiger charge is -1.98. The number of aryl methyl sites for hydroxylation is 1. The van der Waals surface area contributed by atoms with Gasteiger partial charge >= 0.3 is 10.1 Å². The highest BCUT2D eigenvalue weighted by Crippen LogP contribution is 2.09. The molecule has 0 aliphatic carbocycles. The molecule has 0 saturated carbocycles. The number of pyridine rings is 1. The number of rotatable bonds is 4. The average molecular weight is 270 g/mol. The summed E-state index contributed by atoms with van der Waals surface area (Å²) in [4.78, 5) is 1.35. The van der Waals surface area contributed by atoms with Gasteiger partial charge in [-0.15, -0.1) is 10.2 Å². The van der Waals surface area contributed by atoms with Gasteiger partial charge in [-0.25, -0.2) is 0 Å². The number of tetrazole rings is 1. The van der Waals surface area contributed by atoms with Crippen molar-refractivity contribution < 1.29 is 17.2 Å². The summed E-state index contributed by atoms with van der Waals surface area (Å²) < 4.78 is 28.3. The monoisotopic (exact) mass is 270 g/mol. The van der Waals surface area contributed by atoms with E-state index >= 15 is 0 Å². The van der Waals surface area contributed by atoms with Gasteiger partial charge in [0.15, 0.2) is 12.4 Å². The van der Waals surface area contributed by atoms with Crippen LogP contribution in [0.5, 0.6) is 0 Å². The Labute approximate surface area is 104 Å². The Morgan fingerprint density at radius 2 is 2.06 bits per heavy atom. The molecule has 0 bridgehead atoms. The molecular formula is C9H12N5O3S+. The van der Waals surface area contributed by atoms with Crippen LogP contribution in [0.2, 0.25) is 0 Å². The predicted octanol–water partition coefficient (Wildman–Crippen LogP) is -0.902. The lowest BCUT2D eigenvalue weighted by molar-refractivity contribution is -0.678. The minimum absolute atomic E-state index is 0.238. The van der Waals surface area contributed by atoms with E-state index in [1.54, 1.807) is 31.6 Å². The van der Waals surface area contributed by atoms with Crippen LogP contribution < -0.4 is 4.57 Å². The maximum Gasteiger partial charge on any atom is 0.329 e. The number of aromatic nitrogens is 5. The Hall–Kier alpha value is -1.87.